The van der Waals surface area contributed by atoms with Gasteiger partial charge in [-0.15, -0.1) is 0 Å². The average molecular weight is 425 g/mol. The van der Waals surface area contributed by atoms with Crippen LogP contribution in [0, 0.1) is 13.8 Å². The number of aryl methyl sites for hydroxylation is 2. The molecule has 3 aromatic carbocycles. The van der Waals surface area contributed by atoms with Crippen molar-refractivity contribution in [3.8, 4) is 17.1 Å². The fraction of sp³-hybridized carbons (Fsp3) is 0.125. The molecule has 4 rings (SSSR count). The molecular formula is C24H18Cl2O3. The molecule has 0 bridgehead atoms. The van der Waals surface area contributed by atoms with Crippen LogP contribution in [0.1, 0.15) is 16.7 Å². The zero-order chi connectivity index (χ0) is 20.5. The molecule has 1 heterocycles. The lowest BCUT2D eigenvalue weighted by atomic mass is 10.0. The maximum Gasteiger partial charge on any atom is 0.235 e. The van der Waals surface area contributed by atoms with Crippen molar-refractivity contribution < 1.29 is 9.15 Å². The zero-order valence-electron chi connectivity index (χ0n) is 16.0. The van der Waals surface area contributed by atoms with Gasteiger partial charge in [-0.05, 0) is 79.1 Å². The van der Waals surface area contributed by atoms with Crippen LogP contribution in [-0.2, 0) is 6.61 Å². The lowest BCUT2D eigenvalue weighted by Crippen LogP contribution is -2.10. The van der Waals surface area contributed by atoms with Gasteiger partial charge in [0.1, 0.15) is 12.2 Å². The summed E-state index contributed by atoms with van der Waals surface area (Å²) in [5, 5.41) is 1.75. The zero-order valence-corrected chi connectivity index (χ0v) is 17.5. The summed E-state index contributed by atoms with van der Waals surface area (Å²) in [5.41, 5.74) is 4.02. The van der Waals surface area contributed by atoms with Crippen LogP contribution in [0.25, 0.3) is 22.3 Å². The van der Waals surface area contributed by atoms with E-state index >= 15 is 0 Å². The fourth-order valence-corrected chi connectivity index (χ4v) is 3.34. The summed E-state index contributed by atoms with van der Waals surface area (Å²) in [6, 6.07) is 18.2. The minimum Gasteiger partial charge on any atom is -0.481 e. The van der Waals surface area contributed by atoms with E-state index < -0.39 is 0 Å². The Morgan fingerprint density at radius 3 is 2.10 bits per heavy atom. The van der Waals surface area contributed by atoms with Gasteiger partial charge in [0.15, 0.2) is 5.76 Å². The Kier molecular flexibility index (Phi) is 5.35. The molecule has 0 N–H and O–H groups in total. The van der Waals surface area contributed by atoms with E-state index in [0.717, 1.165) is 22.3 Å². The second-order valence-electron chi connectivity index (χ2n) is 6.94. The quantitative estimate of drug-likeness (QED) is 0.355. The molecule has 29 heavy (non-hydrogen) atoms. The van der Waals surface area contributed by atoms with Gasteiger partial charge in [-0.2, -0.15) is 0 Å². The monoisotopic (exact) mass is 424 g/mol. The summed E-state index contributed by atoms with van der Waals surface area (Å²) in [7, 11) is 0. The van der Waals surface area contributed by atoms with Gasteiger partial charge in [-0.25, -0.2) is 0 Å². The summed E-state index contributed by atoms with van der Waals surface area (Å²) in [5.74, 6) is 0.564. The first-order chi connectivity index (χ1) is 13.9. The van der Waals surface area contributed by atoms with Crippen molar-refractivity contribution in [2.45, 2.75) is 20.5 Å². The maximum absolute atomic E-state index is 13.3. The SMILES string of the molecule is Cc1cc2oc(-c3ccc(Cl)cc3)c(OCc3ccc(Cl)cc3)c(=O)c2cc1C. The molecule has 0 aliphatic rings. The van der Waals surface area contributed by atoms with Crippen molar-refractivity contribution in [3.63, 3.8) is 0 Å². The normalized spacial score (nSPS) is 11.0. The van der Waals surface area contributed by atoms with Gasteiger partial charge < -0.3 is 9.15 Å². The van der Waals surface area contributed by atoms with Crippen LogP contribution in [0.4, 0.5) is 0 Å². The van der Waals surface area contributed by atoms with E-state index in [2.05, 4.69) is 0 Å². The minimum absolute atomic E-state index is 0.179. The Morgan fingerprint density at radius 1 is 0.862 bits per heavy atom. The summed E-state index contributed by atoms with van der Waals surface area (Å²) in [4.78, 5) is 13.3. The summed E-state index contributed by atoms with van der Waals surface area (Å²) >= 11 is 12.0. The van der Waals surface area contributed by atoms with Crippen LogP contribution in [0.15, 0.2) is 69.9 Å². The molecule has 146 valence electrons. The number of hydrogen-bond donors (Lipinski definition) is 0. The largest absolute Gasteiger partial charge is 0.481 e. The third kappa shape index (κ3) is 4.02. The molecule has 0 aliphatic carbocycles. The van der Waals surface area contributed by atoms with Gasteiger partial charge in [0.25, 0.3) is 0 Å². The molecule has 0 spiro atoms. The number of rotatable bonds is 4. The second-order valence-corrected chi connectivity index (χ2v) is 7.82. The van der Waals surface area contributed by atoms with Gasteiger partial charge >= 0.3 is 0 Å². The third-order valence-corrected chi connectivity index (χ3v) is 5.37. The highest BCUT2D eigenvalue weighted by Gasteiger charge is 2.18. The molecule has 0 saturated carbocycles. The van der Waals surface area contributed by atoms with Crippen LogP contribution in [0.5, 0.6) is 5.75 Å². The predicted octanol–water partition coefficient (Wildman–Crippen LogP) is 6.96. The molecule has 5 heteroatoms. The molecule has 1 aromatic heterocycles. The highest BCUT2D eigenvalue weighted by Crippen LogP contribution is 2.33. The van der Waals surface area contributed by atoms with Crippen molar-refractivity contribution in [2.75, 3.05) is 0 Å². The Hall–Kier alpha value is -2.75. The van der Waals surface area contributed by atoms with E-state index in [1.165, 1.54) is 0 Å². The smallest absolute Gasteiger partial charge is 0.235 e. The number of ether oxygens (including phenoxy) is 1. The molecule has 0 saturated heterocycles. The molecule has 0 amide bonds. The third-order valence-electron chi connectivity index (χ3n) is 4.87. The molecule has 0 fully saturated rings. The molecule has 3 nitrogen and oxygen atoms in total. The van der Waals surface area contributed by atoms with E-state index in [0.29, 0.717) is 26.8 Å². The van der Waals surface area contributed by atoms with Gasteiger partial charge in [0.2, 0.25) is 11.2 Å². The highest BCUT2D eigenvalue weighted by atomic mass is 35.5. The van der Waals surface area contributed by atoms with E-state index in [1.54, 1.807) is 24.3 Å². The minimum atomic E-state index is -0.201. The summed E-state index contributed by atoms with van der Waals surface area (Å²) in [6.45, 7) is 4.18. The van der Waals surface area contributed by atoms with Crippen molar-refractivity contribution in [2.24, 2.45) is 0 Å². The Morgan fingerprint density at radius 2 is 1.45 bits per heavy atom. The van der Waals surface area contributed by atoms with Gasteiger partial charge in [-0.3, -0.25) is 4.79 Å². The van der Waals surface area contributed by atoms with E-state index in [1.807, 2.05) is 50.2 Å². The molecule has 0 aliphatic heterocycles. The van der Waals surface area contributed by atoms with Gasteiger partial charge in [0, 0.05) is 15.6 Å². The number of benzene rings is 3. The van der Waals surface area contributed by atoms with Gasteiger partial charge in [0.05, 0.1) is 5.39 Å². The summed E-state index contributed by atoms with van der Waals surface area (Å²) in [6.07, 6.45) is 0. The fourth-order valence-electron chi connectivity index (χ4n) is 3.09. The lowest BCUT2D eigenvalue weighted by molar-refractivity contribution is 0.298. The lowest BCUT2D eigenvalue weighted by Gasteiger charge is -2.13. The van der Waals surface area contributed by atoms with E-state index in [4.69, 9.17) is 32.4 Å². The summed E-state index contributed by atoms with van der Waals surface area (Å²) < 4.78 is 12.1. The Balaban J connectivity index is 1.86. The van der Waals surface area contributed by atoms with E-state index in [-0.39, 0.29) is 17.8 Å². The average Bonchev–Trinajstić information content (AvgIpc) is 2.71. The van der Waals surface area contributed by atoms with Crippen molar-refractivity contribution in [1.29, 1.82) is 0 Å². The second kappa shape index (κ2) is 7.94. The molecule has 0 unspecified atom stereocenters. The first-order valence-corrected chi connectivity index (χ1v) is 9.89. The van der Waals surface area contributed by atoms with E-state index in [9.17, 15) is 4.79 Å². The first kappa shape index (κ1) is 19.6. The number of halogens is 2. The van der Waals surface area contributed by atoms with Crippen LogP contribution < -0.4 is 10.2 Å². The number of fused-ring (bicyclic) bond motifs is 1. The van der Waals surface area contributed by atoms with Gasteiger partial charge in [-0.1, -0.05) is 35.3 Å². The van der Waals surface area contributed by atoms with Crippen molar-refractivity contribution >= 4 is 34.2 Å². The molecular weight excluding hydrogens is 407 g/mol. The van der Waals surface area contributed by atoms with Crippen LogP contribution in [-0.4, -0.2) is 0 Å². The number of hydrogen-bond acceptors (Lipinski definition) is 3. The standard InChI is InChI=1S/C24H18Cl2O3/c1-14-11-20-21(12-15(14)2)29-23(17-5-9-19(26)10-6-17)24(22(20)27)28-13-16-3-7-18(25)8-4-16/h3-12H,13H2,1-2H3. The molecule has 4 aromatic rings. The molecule has 0 radical (unpaired) electrons. The first-order valence-electron chi connectivity index (χ1n) is 9.13. The van der Waals surface area contributed by atoms with Crippen LogP contribution in [0.3, 0.4) is 0 Å². The highest BCUT2D eigenvalue weighted by molar-refractivity contribution is 6.30. The van der Waals surface area contributed by atoms with Crippen molar-refractivity contribution in [1.82, 2.24) is 0 Å². The maximum atomic E-state index is 13.3. The Bertz CT molecular complexity index is 1240. The van der Waals surface area contributed by atoms with Crippen molar-refractivity contribution in [3.05, 3.63) is 97.6 Å². The topological polar surface area (TPSA) is 39.4 Å². The Labute approximate surface area is 178 Å². The molecule has 0 atom stereocenters. The van der Waals surface area contributed by atoms with Crippen LogP contribution >= 0.6 is 23.2 Å². The predicted molar refractivity (Wildman–Crippen MR) is 118 cm³/mol. The van der Waals surface area contributed by atoms with Crippen LogP contribution in [0.2, 0.25) is 10.0 Å².